The topological polar surface area (TPSA) is 102 Å². The number of esters is 1. The molecule has 0 unspecified atom stereocenters. The predicted octanol–water partition coefficient (Wildman–Crippen LogP) is 1.89. The molecule has 0 fully saturated rings. The van der Waals surface area contributed by atoms with E-state index in [4.69, 9.17) is 16.3 Å². The molecule has 0 saturated carbocycles. The van der Waals surface area contributed by atoms with Crippen LogP contribution in [0, 0.1) is 6.92 Å². The SMILES string of the molecule is CNC(=O)NC(=O)[C@@H](C)OC(=O)c1c(C)nn(Cc2ccccc2)c1Cl. The molecular formula is C17H19ClN4O4. The Hall–Kier alpha value is -2.87. The minimum Gasteiger partial charge on any atom is -0.449 e. The Bertz CT molecular complexity index is 820. The minimum atomic E-state index is -1.17. The summed E-state index contributed by atoms with van der Waals surface area (Å²) in [6.07, 6.45) is -1.17. The molecule has 1 atom stereocenters. The second-order valence-electron chi connectivity index (χ2n) is 5.51. The molecule has 2 aromatic rings. The highest BCUT2D eigenvalue weighted by Crippen LogP contribution is 2.22. The molecule has 1 heterocycles. The third kappa shape index (κ3) is 4.60. The van der Waals surface area contributed by atoms with Crippen LogP contribution in [0.3, 0.4) is 0 Å². The molecule has 1 aromatic carbocycles. The molecule has 26 heavy (non-hydrogen) atoms. The van der Waals surface area contributed by atoms with Crippen molar-refractivity contribution in [3.8, 4) is 0 Å². The number of benzene rings is 1. The van der Waals surface area contributed by atoms with Gasteiger partial charge in [0, 0.05) is 7.05 Å². The molecule has 1 aromatic heterocycles. The molecule has 0 bridgehead atoms. The number of imide groups is 1. The smallest absolute Gasteiger partial charge is 0.343 e. The van der Waals surface area contributed by atoms with Crippen molar-refractivity contribution in [2.75, 3.05) is 7.05 Å². The Morgan fingerprint density at radius 2 is 1.92 bits per heavy atom. The van der Waals surface area contributed by atoms with Gasteiger partial charge in [-0.2, -0.15) is 5.10 Å². The van der Waals surface area contributed by atoms with Gasteiger partial charge in [-0.15, -0.1) is 0 Å². The lowest BCUT2D eigenvalue weighted by Crippen LogP contribution is -2.43. The normalized spacial score (nSPS) is 11.5. The number of aromatic nitrogens is 2. The molecule has 0 radical (unpaired) electrons. The molecule has 3 amide bonds. The maximum atomic E-state index is 12.4. The zero-order chi connectivity index (χ0) is 19.3. The van der Waals surface area contributed by atoms with Crippen molar-refractivity contribution in [3.05, 3.63) is 52.3 Å². The van der Waals surface area contributed by atoms with Crippen molar-refractivity contribution in [1.29, 1.82) is 0 Å². The van der Waals surface area contributed by atoms with Gasteiger partial charge in [0.25, 0.3) is 5.91 Å². The molecule has 8 nitrogen and oxygen atoms in total. The van der Waals surface area contributed by atoms with Gasteiger partial charge in [0.2, 0.25) is 0 Å². The maximum Gasteiger partial charge on any atom is 0.343 e. The number of amides is 3. The summed E-state index contributed by atoms with van der Waals surface area (Å²) in [6.45, 7) is 3.37. The number of ether oxygens (including phenoxy) is 1. The van der Waals surface area contributed by atoms with Crippen molar-refractivity contribution in [3.63, 3.8) is 0 Å². The number of urea groups is 1. The quantitative estimate of drug-likeness (QED) is 0.773. The first-order valence-electron chi connectivity index (χ1n) is 7.83. The highest BCUT2D eigenvalue weighted by atomic mass is 35.5. The van der Waals surface area contributed by atoms with Crippen LogP contribution in [-0.4, -0.2) is 40.8 Å². The summed E-state index contributed by atoms with van der Waals surface area (Å²) in [7, 11) is 1.36. The van der Waals surface area contributed by atoms with Crippen LogP contribution < -0.4 is 10.6 Å². The number of hydrogen-bond acceptors (Lipinski definition) is 5. The van der Waals surface area contributed by atoms with Crippen LogP contribution in [0.4, 0.5) is 4.79 Å². The lowest BCUT2D eigenvalue weighted by atomic mass is 10.2. The Morgan fingerprint density at radius 1 is 1.27 bits per heavy atom. The summed E-state index contributed by atoms with van der Waals surface area (Å²) in [5.74, 6) is -1.53. The number of hydrogen-bond donors (Lipinski definition) is 2. The van der Waals surface area contributed by atoms with Crippen LogP contribution in [0.25, 0.3) is 0 Å². The first-order chi connectivity index (χ1) is 12.3. The van der Waals surface area contributed by atoms with E-state index in [0.717, 1.165) is 5.56 Å². The third-order valence-corrected chi connectivity index (χ3v) is 3.95. The fourth-order valence-corrected chi connectivity index (χ4v) is 2.51. The largest absolute Gasteiger partial charge is 0.449 e. The standard InChI is InChI=1S/C17H19ClN4O4/c1-10-13(16(24)26-11(2)15(23)20-17(25)19-3)14(18)22(21-10)9-12-7-5-4-6-8-12/h4-8,11H,9H2,1-3H3,(H2,19,20,23,25)/t11-/m1/s1. The summed E-state index contributed by atoms with van der Waals surface area (Å²) in [6, 6.07) is 8.81. The van der Waals surface area contributed by atoms with Gasteiger partial charge < -0.3 is 10.1 Å². The highest BCUT2D eigenvalue weighted by molar-refractivity contribution is 6.32. The van der Waals surface area contributed by atoms with Crippen LogP contribution in [0.2, 0.25) is 5.15 Å². The first-order valence-corrected chi connectivity index (χ1v) is 8.21. The number of rotatable bonds is 5. The monoisotopic (exact) mass is 378 g/mol. The van der Waals surface area contributed by atoms with Crippen LogP contribution in [-0.2, 0) is 16.1 Å². The van der Waals surface area contributed by atoms with Crippen LogP contribution in [0.1, 0.15) is 28.5 Å². The van der Waals surface area contributed by atoms with Gasteiger partial charge >= 0.3 is 12.0 Å². The Kier molecular flexibility index (Phi) is 6.35. The molecule has 138 valence electrons. The molecule has 2 N–H and O–H groups in total. The van der Waals surface area contributed by atoms with Crippen LogP contribution in [0.15, 0.2) is 30.3 Å². The zero-order valence-corrected chi connectivity index (χ0v) is 15.3. The molecule has 0 aliphatic rings. The van der Waals surface area contributed by atoms with Crippen LogP contribution in [0.5, 0.6) is 0 Å². The fraction of sp³-hybridized carbons (Fsp3) is 0.294. The average Bonchev–Trinajstić information content (AvgIpc) is 2.89. The van der Waals surface area contributed by atoms with E-state index in [9.17, 15) is 14.4 Å². The molecule has 0 spiro atoms. The molecule has 0 saturated heterocycles. The third-order valence-electron chi connectivity index (χ3n) is 3.56. The Labute approximate surface area is 155 Å². The molecule has 9 heteroatoms. The minimum absolute atomic E-state index is 0.0854. The average molecular weight is 379 g/mol. The van der Waals surface area contributed by atoms with Gasteiger partial charge in [0.15, 0.2) is 6.10 Å². The van der Waals surface area contributed by atoms with Gasteiger partial charge in [0.05, 0.1) is 12.2 Å². The fourth-order valence-electron chi connectivity index (χ4n) is 2.20. The molecule has 0 aliphatic carbocycles. The van der Waals surface area contributed by atoms with Gasteiger partial charge in [-0.25, -0.2) is 14.3 Å². The second-order valence-corrected chi connectivity index (χ2v) is 5.87. The van der Waals surface area contributed by atoms with Crippen molar-refractivity contribution >= 4 is 29.5 Å². The molecular weight excluding hydrogens is 360 g/mol. The van der Waals surface area contributed by atoms with Crippen molar-refractivity contribution in [1.82, 2.24) is 20.4 Å². The maximum absolute atomic E-state index is 12.4. The summed E-state index contributed by atoms with van der Waals surface area (Å²) in [5.41, 5.74) is 1.44. The predicted molar refractivity (Wildman–Crippen MR) is 95.0 cm³/mol. The van der Waals surface area contributed by atoms with E-state index in [1.165, 1.54) is 18.7 Å². The summed E-state index contributed by atoms with van der Waals surface area (Å²) < 4.78 is 6.58. The summed E-state index contributed by atoms with van der Waals surface area (Å²) in [4.78, 5) is 35.3. The zero-order valence-electron chi connectivity index (χ0n) is 14.6. The number of aryl methyl sites for hydroxylation is 1. The number of carbonyl (C=O) groups excluding carboxylic acids is 3. The Morgan fingerprint density at radius 3 is 2.54 bits per heavy atom. The number of carbonyl (C=O) groups is 3. The van der Waals surface area contributed by atoms with Crippen LogP contribution >= 0.6 is 11.6 Å². The van der Waals surface area contributed by atoms with E-state index in [2.05, 4.69) is 10.4 Å². The van der Waals surface area contributed by atoms with E-state index < -0.39 is 24.0 Å². The van der Waals surface area contributed by atoms with E-state index >= 15 is 0 Å². The number of nitrogens with zero attached hydrogens (tertiary/aromatic N) is 2. The van der Waals surface area contributed by atoms with Crippen molar-refractivity contribution in [2.45, 2.75) is 26.5 Å². The van der Waals surface area contributed by atoms with Gasteiger partial charge in [0.1, 0.15) is 10.7 Å². The lowest BCUT2D eigenvalue weighted by molar-refractivity contribution is -0.127. The Balaban J connectivity index is 2.12. The van der Waals surface area contributed by atoms with Gasteiger partial charge in [-0.1, -0.05) is 41.9 Å². The van der Waals surface area contributed by atoms with E-state index in [-0.39, 0.29) is 10.7 Å². The number of nitrogens with one attached hydrogen (secondary N) is 2. The second kappa shape index (κ2) is 8.48. The summed E-state index contributed by atoms with van der Waals surface area (Å²) >= 11 is 6.28. The van der Waals surface area contributed by atoms with Gasteiger partial charge in [-0.3, -0.25) is 10.1 Å². The van der Waals surface area contributed by atoms with Crippen molar-refractivity contribution < 1.29 is 19.1 Å². The number of halogens is 1. The van der Waals surface area contributed by atoms with E-state index in [1.54, 1.807) is 6.92 Å². The van der Waals surface area contributed by atoms with E-state index in [1.807, 2.05) is 35.6 Å². The lowest BCUT2D eigenvalue weighted by Gasteiger charge is -2.12. The van der Waals surface area contributed by atoms with Crippen molar-refractivity contribution in [2.24, 2.45) is 0 Å². The highest BCUT2D eigenvalue weighted by Gasteiger charge is 2.26. The molecule has 0 aliphatic heterocycles. The van der Waals surface area contributed by atoms with Gasteiger partial charge in [-0.05, 0) is 19.4 Å². The van der Waals surface area contributed by atoms with E-state index in [0.29, 0.717) is 12.2 Å². The first kappa shape index (κ1) is 19.5. The molecule has 2 rings (SSSR count). The summed E-state index contributed by atoms with van der Waals surface area (Å²) in [5, 5.41) is 8.65.